The second-order valence-corrected chi connectivity index (χ2v) is 7.69. The van der Waals surface area contributed by atoms with Crippen LogP contribution in [0.25, 0.3) is 0 Å². The summed E-state index contributed by atoms with van der Waals surface area (Å²) in [6, 6.07) is 3.50. The molecule has 1 N–H and O–H groups in total. The van der Waals surface area contributed by atoms with Crippen LogP contribution in [0.4, 0.5) is 0 Å². The highest BCUT2D eigenvalue weighted by Crippen LogP contribution is 2.28. The van der Waals surface area contributed by atoms with E-state index in [1.165, 1.54) is 4.31 Å². The number of rotatable bonds is 6. The molecule has 1 heterocycles. The smallest absolute Gasteiger partial charge is 0.243 e. The third-order valence-corrected chi connectivity index (χ3v) is 6.18. The summed E-state index contributed by atoms with van der Waals surface area (Å²) in [5, 5.41) is 8.97. The summed E-state index contributed by atoms with van der Waals surface area (Å²) in [7, 11) is -3.50. The summed E-state index contributed by atoms with van der Waals surface area (Å²) in [6.45, 7) is 9.02. The first-order valence-corrected chi connectivity index (χ1v) is 9.41. The molecule has 130 valence electrons. The van der Waals surface area contributed by atoms with Crippen LogP contribution in [0.3, 0.4) is 0 Å². The van der Waals surface area contributed by atoms with Crippen LogP contribution >= 0.6 is 0 Å². The Morgan fingerprint density at radius 3 is 2.35 bits per heavy atom. The van der Waals surface area contributed by atoms with Crippen LogP contribution in [0.2, 0.25) is 0 Å². The normalized spacial score (nSPS) is 17.4. The first-order chi connectivity index (χ1) is 10.9. The summed E-state index contributed by atoms with van der Waals surface area (Å²) in [5.41, 5.74) is 1.53. The summed E-state index contributed by atoms with van der Waals surface area (Å²) in [5.74, 6) is 0.733. The van der Waals surface area contributed by atoms with Crippen LogP contribution in [-0.4, -0.2) is 68.7 Å². The van der Waals surface area contributed by atoms with Crippen LogP contribution < -0.4 is 4.74 Å². The molecule has 1 aromatic carbocycles. The van der Waals surface area contributed by atoms with Gasteiger partial charge in [-0.2, -0.15) is 4.31 Å². The number of aliphatic hydroxyl groups is 1. The molecule has 0 unspecified atom stereocenters. The minimum absolute atomic E-state index is 0.101. The van der Waals surface area contributed by atoms with Gasteiger partial charge in [0.15, 0.2) is 0 Å². The number of aliphatic hydroxyl groups excluding tert-OH is 1. The maximum atomic E-state index is 12.9. The zero-order valence-electron chi connectivity index (χ0n) is 14.1. The fourth-order valence-electron chi connectivity index (χ4n) is 2.83. The van der Waals surface area contributed by atoms with Crippen molar-refractivity contribution in [3.8, 4) is 5.75 Å². The van der Waals surface area contributed by atoms with E-state index >= 15 is 0 Å². The lowest BCUT2D eigenvalue weighted by atomic mass is 10.1. The third-order valence-electron chi connectivity index (χ3n) is 4.14. The zero-order chi connectivity index (χ0) is 17.0. The molecule has 0 amide bonds. The Balaban J connectivity index is 2.22. The van der Waals surface area contributed by atoms with Gasteiger partial charge in [-0.3, -0.25) is 4.90 Å². The Hall–Kier alpha value is -1.15. The van der Waals surface area contributed by atoms with Crippen molar-refractivity contribution in [2.24, 2.45) is 0 Å². The highest BCUT2D eigenvalue weighted by atomic mass is 32.2. The van der Waals surface area contributed by atoms with Crippen molar-refractivity contribution >= 4 is 10.0 Å². The number of aryl methyl sites for hydroxylation is 2. The van der Waals surface area contributed by atoms with E-state index in [1.807, 2.05) is 13.8 Å². The standard InChI is InChI=1S/C16H26N2O4S/c1-4-22-15-11-14(3)16(12-13(15)2)23(20,21)18-7-5-17(6-8-18)9-10-19/h11-12,19H,4-10H2,1-3H3. The van der Waals surface area contributed by atoms with E-state index in [0.717, 1.165) is 11.3 Å². The van der Waals surface area contributed by atoms with Crippen LogP contribution in [0, 0.1) is 13.8 Å². The molecule has 1 saturated heterocycles. The van der Waals surface area contributed by atoms with Gasteiger partial charge < -0.3 is 9.84 Å². The van der Waals surface area contributed by atoms with Gasteiger partial charge in [0.1, 0.15) is 5.75 Å². The topological polar surface area (TPSA) is 70.1 Å². The van der Waals surface area contributed by atoms with Gasteiger partial charge in [-0.15, -0.1) is 0 Å². The van der Waals surface area contributed by atoms with E-state index in [-0.39, 0.29) is 6.61 Å². The molecule has 1 aromatic rings. The van der Waals surface area contributed by atoms with Crippen LogP contribution in [0.1, 0.15) is 18.1 Å². The molecule has 7 heteroatoms. The number of ether oxygens (including phenoxy) is 1. The third kappa shape index (κ3) is 4.03. The molecule has 1 fully saturated rings. The molecule has 0 aliphatic carbocycles. The molecule has 0 saturated carbocycles. The maximum Gasteiger partial charge on any atom is 0.243 e. The van der Waals surface area contributed by atoms with Crippen LogP contribution in [-0.2, 0) is 10.0 Å². The minimum atomic E-state index is -3.50. The van der Waals surface area contributed by atoms with E-state index in [0.29, 0.717) is 49.8 Å². The van der Waals surface area contributed by atoms with E-state index in [4.69, 9.17) is 9.84 Å². The lowest BCUT2D eigenvalue weighted by Gasteiger charge is -2.33. The zero-order valence-corrected chi connectivity index (χ0v) is 14.9. The number of benzene rings is 1. The van der Waals surface area contributed by atoms with Crippen molar-refractivity contribution in [2.45, 2.75) is 25.7 Å². The monoisotopic (exact) mass is 342 g/mol. The average Bonchev–Trinajstić information content (AvgIpc) is 2.51. The van der Waals surface area contributed by atoms with Crippen molar-refractivity contribution in [2.75, 3.05) is 45.9 Å². The molecule has 0 radical (unpaired) electrons. The van der Waals surface area contributed by atoms with Crippen molar-refractivity contribution in [1.82, 2.24) is 9.21 Å². The van der Waals surface area contributed by atoms with Gasteiger partial charge in [-0.05, 0) is 44.0 Å². The Morgan fingerprint density at radius 1 is 1.13 bits per heavy atom. The van der Waals surface area contributed by atoms with Crippen LogP contribution in [0.15, 0.2) is 17.0 Å². The molecule has 6 nitrogen and oxygen atoms in total. The summed E-state index contributed by atoms with van der Waals surface area (Å²) in [6.07, 6.45) is 0. The largest absolute Gasteiger partial charge is 0.494 e. The number of hydrogen-bond acceptors (Lipinski definition) is 5. The Bertz CT molecular complexity index is 638. The van der Waals surface area contributed by atoms with Crippen LogP contribution in [0.5, 0.6) is 5.75 Å². The van der Waals surface area contributed by atoms with E-state index < -0.39 is 10.0 Å². The van der Waals surface area contributed by atoms with Gasteiger partial charge >= 0.3 is 0 Å². The molecule has 23 heavy (non-hydrogen) atoms. The molecular weight excluding hydrogens is 316 g/mol. The van der Waals surface area contributed by atoms with Gasteiger partial charge in [0.2, 0.25) is 10.0 Å². The van der Waals surface area contributed by atoms with E-state index in [2.05, 4.69) is 4.90 Å². The van der Waals surface area contributed by atoms with Gasteiger partial charge in [0.25, 0.3) is 0 Å². The van der Waals surface area contributed by atoms with Gasteiger partial charge in [-0.25, -0.2) is 8.42 Å². The summed E-state index contributed by atoms with van der Waals surface area (Å²) >= 11 is 0. The summed E-state index contributed by atoms with van der Waals surface area (Å²) in [4.78, 5) is 2.43. The molecule has 0 spiro atoms. The minimum Gasteiger partial charge on any atom is -0.494 e. The van der Waals surface area contributed by atoms with Crippen molar-refractivity contribution < 1.29 is 18.3 Å². The fourth-order valence-corrected chi connectivity index (χ4v) is 4.54. The SMILES string of the molecule is CCOc1cc(C)c(S(=O)(=O)N2CCN(CCO)CC2)cc1C. The first-order valence-electron chi connectivity index (χ1n) is 7.97. The molecule has 0 aromatic heterocycles. The van der Waals surface area contributed by atoms with Crippen molar-refractivity contribution in [1.29, 1.82) is 0 Å². The predicted octanol–water partition coefficient (Wildman–Crippen LogP) is 1.00. The lowest BCUT2D eigenvalue weighted by Crippen LogP contribution is -2.49. The predicted molar refractivity (Wildman–Crippen MR) is 89.4 cm³/mol. The highest BCUT2D eigenvalue weighted by Gasteiger charge is 2.30. The molecule has 0 bridgehead atoms. The van der Waals surface area contributed by atoms with Gasteiger partial charge in [0.05, 0.1) is 18.1 Å². The molecule has 1 aliphatic heterocycles. The quantitative estimate of drug-likeness (QED) is 0.835. The van der Waals surface area contributed by atoms with Gasteiger partial charge in [-0.1, -0.05) is 0 Å². The van der Waals surface area contributed by atoms with E-state index in [1.54, 1.807) is 19.1 Å². The number of hydrogen-bond donors (Lipinski definition) is 1. The summed E-state index contributed by atoms with van der Waals surface area (Å²) < 4.78 is 32.9. The Labute approximate surface area is 138 Å². The lowest BCUT2D eigenvalue weighted by molar-refractivity contribution is 0.151. The fraction of sp³-hybridized carbons (Fsp3) is 0.625. The molecule has 0 atom stereocenters. The highest BCUT2D eigenvalue weighted by molar-refractivity contribution is 7.89. The number of nitrogens with zero attached hydrogens (tertiary/aromatic N) is 2. The number of piperazine rings is 1. The Kier molecular flexibility index (Phi) is 6.02. The number of β-amino-alcohol motifs (C(OH)–C–C–N with tert-alkyl or cyclic N) is 1. The second-order valence-electron chi connectivity index (χ2n) is 5.79. The van der Waals surface area contributed by atoms with E-state index in [9.17, 15) is 8.42 Å². The molecule has 1 aliphatic rings. The number of sulfonamides is 1. The average molecular weight is 342 g/mol. The van der Waals surface area contributed by atoms with Gasteiger partial charge in [0, 0.05) is 32.7 Å². The molecule has 2 rings (SSSR count). The molecular formula is C16H26N2O4S. The second kappa shape index (κ2) is 7.61. The van der Waals surface area contributed by atoms with Crippen molar-refractivity contribution in [3.05, 3.63) is 23.3 Å². The maximum absolute atomic E-state index is 12.9. The first kappa shape index (κ1) is 18.2. The Morgan fingerprint density at radius 2 is 1.78 bits per heavy atom. The van der Waals surface area contributed by atoms with Crippen molar-refractivity contribution in [3.63, 3.8) is 0 Å².